The average molecular weight is 321 g/mol. The highest BCUT2D eigenvalue weighted by atomic mass is 16.5. The van der Waals surface area contributed by atoms with E-state index in [1.54, 1.807) is 0 Å². The Morgan fingerprint density at radius 3 is 2.33 bits per heavy atom. The van der Waals surface area contributed by atoms with Crippen LogP contribution in [-0.2, 0) is 11.3 Å². The molecule has 126 valence electrons. The highest BCUT2D eigenvalue weighted by Gasteiger charge is 2.45. The fourth-order valence-electron chi connectivity index (χ4n) is 3.34. The summed E-state index contributed by atoms with van der Waals surface area (Å²) in [4.78, 5) is 2.52. The van der Waals surface area contributed by atoms with Crippen molar-refractivity contribution in [2.45, 2.75) is 38.6 Å². The smallest absolute Gasteiger partial charge is 0.0807 e. The van der Waals surface area contributed by atoms with E-state index in [0.717, 1.165) is 6.54 Å². The van der Waals surface area contributed by atoms with E-state index in [2.05, 4.69) is 79.9 Å². The summed E-state index contributed by atoms with van der Waals surface area (Å²) in [6, 6.07) is 22.0. The lowest BCUT2D eigenvalue weighted by Gasteiger charge is -2.24. The van der Waals surface area contributed by atoms with Crippen molar-refractivity contribution in [3.8, 4) is 0 Å². The molecule has 3 rings (SSSR count). The predicted molar refractivity (Wildman–Crippen MR) is 99.7 cm³/mol. The van der Waals surface area contributed by atoms with E-state index in [-0.39, 0.29) is 6.10 Å². The van der Waals surface area contributed by atoms with Crippen molar-refractivity contribution in [2.24, 2.45) is 5.92 Å². The van der Waals surface area contributed by atoms with Gasteiger partial charge in [0.1, 0.15) is 0 Å². The Labute approximate surface area is 145 Å². The molecule has 2 aromatic rings. The Kier molecular flexibility index (Phi) is 5.49. The van der Waals surface area contributed by atoms with Gasteiger partial charge in [0.2, 0.25) is 0 Å². The van der Waals surface area contributed by atoms with Gasteiger partial charge >= 0.3 is 0 Å². The maximum Gasteiger partial charge on any atom is 0.0807 e. The normalized spacial score (nSPS) is 23.2. The third kappa shape index (κ3) is 3.95. The van der Waals surface area contributed by atoms with Crippen LogP contribution in [0.4, 0.5) is 0 Å². The first-order valence-corrected chi connectivity index (χ1v) is 8.79. The molecular weight excluding hydrogens is 294 g/mol. The molecule has 0 bridgehead atoms. The molecule has 1 aliphatic rings. The molecule has 24 heavy (non-hydrogen) atoms. The number of nitrogens with zero attached hydrogens (tertiary/aromatic N) is 1. The van der Waals surface area contributed by atoms with Gasteiger partial charge < -0.3 is 4.74 Å². The molecule has 1 aliphatic heterocycles. The van der Waals surface area contributed by atoms with E-state index in [1.165, 1.54) is 11.1 Å². The first-order valence-electron chi connectivity index (χ1n) is 8.79. The number of hydrogen-bond acceptors (Lipinski definition) is 2. The quantitative estimate of drug-likeness (QED) is 0.509. The largest absolute Gasteiger partial charge is 0.371 e. The second kappa shape index (κ2) is 7.78. The molecular formula is C22H27NO. The van der Waals surface area contributed by atoms with Crippen molar-refractivity contribution in [3.05, 3.63) is 84.4 Å². The molecule has 0 amide bonds. The molecule has 5 atom stereocenters. The van der Waals surface area contributed by atoms with Crippen molar-refractivity contribution < 1.29 is 4.74 Å². The fourth-order valence-corrected chi connectivity index (χ4v) is 3.34. The Morgan fingerprint density at radius 2 is 1.71 bits per heavy atom. The number of ether oxygens (including phenoxy) is 1. The van der Waals surface area contributed by atoms with Crippen molar-refractivity contribution in [2.75, 3.05) is 6.54 Å². The van der Waals surface area contributed by atoms with Crippen LogP contribution in [0.3, 0.4) is 0 Å². The van der Waals surface area contributed by atoms with Crippen LogP contribution >= 0.6 is 0 Å². The van der Waals surface area contributed by atoms with Gasteiger partial charge in [-0.25, -0.2) is 0 Å². The monoisotopic (exact) mass is 321 g/mol. The highest BCUT2D eigenvalue weighted by molar-refractivity contribution is 5.21. The molecule has 1 saturated heterocycles. The van der Waals surface area contributed by atoms with E-state index in [1.807, 2.05) is 12.1 Å². The predicted octanol–water partition coefficient (Wildman–Crippen LogP) is 4.84. The maximum atomic E-state index is 6.31. The molecule has 1 unspecified atom stereocenters. The number of benzene rings is 2. The van der Waals surface area contributed by atoms with Gasteiger partial charge in [-0.1, -0.05) is 73.7 Å². The van der Waals surface area contributed by atoms with Gasteiger partial charge in [0.05, 0.1) is 12.7 Å². The SMILES string of the molecule is C=C[C@@H](C)[C@@H](OCc1ccccc1)[C@H]1CN1[C@H](C)c1ccccc1. The Bertz CT molecular complexity index is 640. The zero-order valence-electron chi connectivity index (χ0n) is 14.6. The van der Waals surface area contributed by atoms with E-state index in [9.17, 15) is 0 Å². The van der Waals surface area contributed by atoms with Crippen molar-refractivity contribution in [3.63, 3.8) is 0 Å². The average Bonchev–Trinajstić information content (AvgIpc) is 3.43. The molecule has 0 radical (unpaired) electrons. The molecule has 2 nitrogen and oxygen atoms in total. The van der Waals surface area contributed by atoms with Gasteiger partial charge in [-0.05, 0) is 18.1 Å². The third-order valence-corrected chi connectivity index (χ3v) is 5.02. The molecule has 2 aromatic carbocycles. The fraction of sp³-hybridized carbons (Fsp3) is 0.364. The summed E-state index contributed by atoms with van der Waals surface area (Å²) < 4.78 is 6.31. The summed E-state index contributed by atoms with van der Waals surface area (Å²) in [7, 11) is 0. The minimum absolute atomic E-state index is 0.189. The number of hydrogen-bond donors (Lipinski definition) is 0. The summed E-state index contributed by atoms with van der Waals surface area (Å²) in [5, 5.41) is 0. The van der Waals surface area contributed by atoms with Crippen molar-refractivity contribution >= 4 is 0 Å². The second-order valence-electron chi connectivity index (χ2n) is 6.71. The first-order chi connectivity index (χ1) is 11.7. The summed E-state index contributed by atoms with van der Waals surface area (Å²) in [5.41, 5.74) is 2.59. The molecule has 1 heterocycles. The summed E-state index contributed by atoms with van der Waals surface area (Å²) in [6.07, 6.45) is 2.20. The van der Waals surface area contributed by atoms with Crippen LogP contribution in [0, 0.1) is 5.92 Å². The number of rotatable bonds is 8. The van der Waals surface area contributed by atoms with Gasteiger partial charge in [-0.15, -0.1) is 6.58 Å². The minimum atomic E-state index is 0.189. The third-order valence-electron chi connectivity index (χ3n) is 5.02. The van der Waals surface area contributed by atoms with E-state index in [4.69, 9.17) is 4.74 Å². The lowest BCUT2D eigenvalue weighted by atomic mass is 10.0. The topological polar surface area (TPSA) is 12.2 Å². The summed E-state index contributed by atoms with van der Waals surface area (Å²) in [6.45, 7) is 10.2. The summed E-state index contributed by atoms with van der Waals surface area (Å²) in [5.74, 6) is 0.340. The molecule has 0 aliphatic carbocycles. The van der Waals surface area contributed by atoms with Crippen molar-refractivity contribution in [1.82, 2.24) is 4.90 Å². The van der Waals surface area contributed by atoms with E-state index in [0.29, 0.717) is 24.6 Å². The van der Waals surface area contributed by atoms with Gasteiger partial charge in [0.15, 0.2) is 0 Å². The van der Waals surface area contributed by atoms with Crippen LogP contribution in [-0.4, -0.2) is 23.6 Å². The second-order valence-corrected chi connectivity index (χ2v) is 6.71. The van der Waals surface area contributed by atoms with Crippen LogP contribution in [0.15, 0.2) is 73.3 Å². The van der Waals surface area contributed by atoms with E-state index < -0.39 is 0 Å². The van der Waals surface area contributed by atoms with Gasteiger partial charge in [-0.2, -0.15) is 0 Å². The van der Waals surface area contributed by atoms with Crippen LogP contribution in [0.1, 0.15) is 31.0 Å². The Morgan fingerprint density at radius 1 is 1.08 bits per heavy atom. The molecule has 0 saturated carbocycles. The standard InChI is InChI=1S/C22H27NO/c1-4-17(2)22(24-16-19-11-7-5-8-12-19)21-15-23(21)18(3)20-13-9-6-10-14-20/h4-14,17-18,21-22H,1,15-16H2,2-3H3/t17-,18-,21-,22-,23?/m1/s1. The van der Waals surface area contributed by atoms with Crippen molar-refractivity contribution in [1.29, 1.82) is 0 Å². The van der Waals surface area contributed by atoms with Gasteiger partial charge in [0.25, 0.3) is 0 Å². The van der Waals surface area contributed by atoms with Gasteiger partial charge in [0, 0.05) is 24.5 Å². The zero-order valence-corrected chi connectivity index (χ0v) is 14.6. The van der Waals surface area contributed by atoms with Crippen LogP contribution in [0.5, 0.6) is 0 Å². The molecule has 2 heteroatoms. The first kappa shape index (κ1) is 16.9. The Balaban J connectivity index is 1.64. The zero-order chi connectivity index (χ0) is 16.9. The molecule has 0 spiro atoms. The van der Waals surface area contributed by atoms with E-state index >= 15 is 0 Å². The van der Waals surface area contributed by atoms with Crippen LogP contribution in [0.2, 0.25) is 0 Å². The lowest BCUT2D eigenvalue weighted by Crippen LogP contribution is -2.29. The van der Waals surface area contributed by atoms with Crippen LogP contribution in [0.25, 0.3) is 0 Å². The molecule has 0 N–H and O–H groups in total. The maximum absolute atomic E-state index is 6.31. The minimum Gasteiger partial charge on any atom is -0.371 e. The highest BCUT2D eigenvalue weighted by Crippen LogP contribution is 2.37. The molecule has 0 aromatic heterocycles. The molecule has 1 fully saturated rings. The lowest BCUT2D eigenvalue weighted by molar-refractivity contribution is 0.00730. The Hall–Kier alpha value is -1.90. The van der Waals surface area contributed by atoms with Crippen LogP contribution < -0.4 is 0 Å². The van der Waals surface area contributed by atoms with Gasteiger partial charge in [-0.3, -0.25) is 4.90 Å². The summed E-state index contributed by atoms with van der Waals surface area (Å²) >= 11 is 0.